The highest BCUT2D eigenvalue weighted by Gasteiger charge is 2.31. The van der Waals surface area contributed by atoms with Gasteiger partial charge in [-0.15, -0.1) is 0 Å². The Kier molecular flexibility index (Phi) is 4.89. The van der Waals surface area contributed by atoms with E-state index in [9.17, 15) is 0 Å². The molecular formula is C12H26. The van der Waals surface area contributed by atoms with Crippen molar-refractivity contribution in [1.29, 1.82) is 0 Å². The molecule has 0 aromatic rings. The van der Waals surface area contributed by atoms with Crippen LogP contribution in [0.3, 0.4) is 0 Å². The molecule has 0 aliphatic heterocycles. The summed E-state index contributed by atoms with van der Waals surface area (Å²) >= 11 is 0. The van der Waals surface area contributed by atoms with Crippen LogP contribution in [0.15, 0.2) is 0 Å². The van der Waals surface area contributed by atoms with Crippen LogP contribution in [0.5, 0.6) is 0 Å². The molecule has 0 spiro atoms. The maximum absolute atomic E-state index is 2.41. The Morgan fingerprint density at radius 1 is 1.00 bits per heavy atom. The molecule has 0 bridgehead atoms. The zero-order chi connectivity index (χ0) is 9.78. The molecule has 0 saturated heterocycles. The average Bonchev–Trinajstić information content (AvgIpc) is 2.01. The standard InChI is InChI=1S/C10H20.C2H6/c1-8-5-6-9(2)10(3,4)7-8;1-2/h8-9H,5-7H2,1-4H3;1-2H3/t8?,9-;/m0./s1. The van der Waals surface area contributed by atoms with Gasteiger partial charge in [0.2, 0.25) is 0 Å². The molecule has 1 aliphatic carbocycles. The summed E-state index contributed by atoms with van der Waals surface area (Å²) in [4.78, 5) is 0. The molecule has 1 rings (SSSR count). The van der Waals surface area contributed by atoms with E-state index in [1.165, 1.54) is 19.3 Å². The molecule has 0 amide bonds. The first kappa shape index (κ1) is 12.0. The fourth-order valence-electron chi connectivity index (χ4n) is 2.13. The van der Waals surface area contributed by atoms with Gasteiger partial charge in [-0.1, -0.05) is 48.0 Å². The van der Waals surface area contributed by atoms with Gasteiger partial charge in [0.05, 0.1) is 0 Å². The molecule has 0 nitrogen and oxygen atoms in total. The highest BCUT2D eigenvalue weighted by Crippen LogP contribution is 2.42. The Hall–Kier alpha value is 0. The molecule has 0 N–H and O–H groups in total. The van der Waals surface area contributed by atoms with Gasteiger partial charge in [0, 0.05) is 0 Å². The first-order valence-electron chi connectivity index (χ1n) is 5.52. The van der Waals surface area contributed by atoms with Crippen LogP contribution in [0.1, 0.15) is 60.8 Å². The quantitative estimate of drug-likeness (QED) is 0.502. The number of hydrogen-bond acceptors (Lipinski definition) is 0. The van der Waals surface area contributed by atoms with E-state index in [0.717, 1.165) is 11.8 Å². The molecule has 74 valence electrons. The monoisotopic (exact) mass is 170 g/mol. The first-order valence-corrected chi connectivity index (χ1v) is 5.52. The molecule has 12 heavy (non-hydrogen) atoms. The van der Waals surface area contributed by atoms with Gasteiger partial charge < -0.3 is 0 Å². The van der Waals surface area contributed by atoms with Gasteiger partial charge in [0.15, 0.2) is 0 Å². The zero-order valence-corrected chi connectivity index (χ0v) is 9.78. The van der Waals surface area contributed by atoms with Crippen molar-refractivity contribution < 1.29 is 0 Å². The highest BCUT2D eigenvalue weighted by molar-refractivity contribution is 4.82. The normalized spacial score (nSPS) is 33.5. The van der Waals surface area contributed by atoms with Gasteiger partial charge in [-0.2, -0.15) is 0 Å². The average molecular weight is 170 g/mol. The van der Waals surface area contributed by atoms with E-state index >= 15 is 0 Å². The minimum atomic E-state index is 0.609. The largest absolute Gasteiger partial charge is 0.0683 e. The van der Waals surface area contributed by atoms with Crippen molar-refractivity contribution in [2.45, 2.75) is 60.8 Å². The third-order valence-electron chi connectivity index (χ3n) is 3.30. The predicted molar refractivity (Wildman–Crippen MR) is 57.3 cm³/mol. The summed E-state index contributed by atoms with van der Waals surface area (Å²) in [6.07, 6.45) is 4.31. The van der Waals surface area contributed by atoms with Crippen LogP contribution in [-0.2, 0) is 0 Å². The summed E-state index contributed by atoms with van der Waals surface area (Å²) in [6, 6.07) is 0. The maximum atomic E-state index is 2.41. The second-order valence-electron chi connectivity index (χ2n) is 4.78. The first-order chi connectivity index (χ1) is 5.52. The summed E-state index contributed by atoms with van der Waals surface area (Å²) in [6.45, 7) is 13.6. The zero-order valence-electron chi connectivity index (χ0n) is 9.78. The van der Waals surface area contributed by atoms with Gasteiger partial charge >= 0.3 is 0 Å². The topological polar surface area (TPSA) is 0 Å². The molecule has 0 heterocycles. The summed E-state index contributed by atoms with van der Waals surface area (Å²) in [5.74, 6) is 1.90. The van der Waals surface area contributed by atoms with E-state index in [-0.39, 0.29) is 0 Å². The van der Waals surface area contributed by atoms with Crippen LogP contribution in [0.4, 0.5) is 0 Å². The summed E-state index contributed by atoms with van der Waals surface area (Å²) < 4.78 is 0. The number of hydrogen-bond donors (Lipinski definition) is 0. The molecule has 1 unspecified atom stereocenters. The van der Waals surface area contributed by atoms with Crippen molar-refractivity contribution in [1.82, 2.24) is 0 Å². The van der Waals surface area contributed by atoms with Crippen molar-refractivity contribution in [3.05, 3.63) is 0 Å². The smallest absolute Gasteiger partial charge is 0.0326 e. The molecule has 1 saturated carbocycles. The Morgan fingerprint density at radius 2 is 1.50 bits per heavy atom. The summed E-state index contributed by atoms with van der Waals surface area (Å²) in [5.41, 5.74) is 0.609. The van der Waals surface area contributed by atoms with Crippen LogP contribution in [-0.4, -0.2) is 0 Å². The molecule has 1 fully saturated rings. The lowest BCUT2D eigenvalue weighted by atomic mass is 9.66. The minimum Gasteiger partial charge on any atom is -0.0683 e. The third kappa shape index (κ3) is 3.16. The Bertz CT molecular complexity index is 113. The van der Waals surface area contributed by atoms with Crippen molar-refractivity contribution >= 4 is 0 Å². The van der Waals surface area contributed by atoms with Crippen LogP contribution >= 0.6 is 0 Å². The van der Waals surface area contributed by atoms with E-state index in [1.807, 2.05) is 13.8 Å². The molecular weight excluding hydrogens is 144 g/mol. The minimum absolute atomic E-state index is 0.609. The Balaban J connectivity index is 0.000000561. The van der Waals surface area contributed by atoms with E-state index in [2.05, 4.69) is 27.7 Å². The second kappa shape index (κ2) is 4.89. The summed E-state index contributed by atoms with van der Waals surface area (Å²) in [5, 5.41) is 0. The lowest BCUT2D eigenvalue weighted by Gasteiger charge is -2.39. The van der Waals surface area contributed by atoms with Gasteiger partial charge in [-0.05, 0) is 30.1 Å². The fourth-order valence-corrected chi connectivity index (χ4v) is 2.13. The predicted octanol–water partition coefficient (Wildman–Crippen LogP) is 4.49. The second-order valence-corrected chi connectivity index (χ2v) is 4.78. The van der Waals surface area contributed by atoms with Crippen molar-refractivity contribution in [2.24, 2.45) is 17.3 Å². The van der Waals surface area contributed by atoms with Gasteiger partial charge in [-0.3, -0.25) is 0 Å². The molecule has 0 heteroatoms. The van der Waals surface area contributed by atoms with E-state index in [4.69, 9.17) is 0 Å². The van der Waals surface area contributed by atoms with E-state index in [1.54, 1.807) is 0 Å². The van der Waals surface area contributed by atoms with Crippen molar-refractivity contribution in [2.75, 3.05) is 0 Å². The highest BCUT2D eigenvalue weighted by atomic mass is 14.4. The Morgan fingerprint density at radius 3 is 1.83 bits per heavy atom. The molecule has 2 atom stereocenters. The molecule has 0 aromatic carbocycles. The van der Waals surface area contributed by atoms with Crippen LogP contribution in [0.25, 0.3) is 0 Å². The van der Waals surface area contributed by atoms with Gasteiger partial charge in [-0.25, -0.2) is 0 Å². The summed E-state index contributed by atoms with van der Waals surface area (Å²) in [7, 11) is 0. The number of rotatable bonds is 0. The molecule has 0 aromatic heterocycles. The lowest BCUT2D eigenvalue weighted by molar-refractivity contribution is 0.115. The SMILES string of the molecule is CC.CC1CC[C@H](C)C(C)(C)C1. The Labute approximate surface area is 78.8 Å². The van der Waals surface area contributed by atoms with E-state index in [0.29, 0.717) is 5.41 Å². The van der Waals surface area contributed by atoms with Crippen molar-refractivity contribution in [3.63, 3.8) is 0 Å². The van der Waals surface area contributed by atoms with Crippen molar-refractivity contribution in [3.8, 4) is 0 Å². The van der Waals surface area contributed by atoms with Crippen LogP contribution in [0.2, 0.25) is 0 Å². The molecule has 1 aliphatic rings. The van der Waals surface area contributed by atoms with E-state index < -0.39 is 0 Å². The molecule has 0 radical (unpaired) electrons. The van der Waals surface area contributed by atoms with Crippen LogP contribution < -0.4 is 0 Å². The van der Waals surface area contributed by atoms with Gasteiger partial charge in [0.25, 0.3) is 0 Å². The maximum Gasteiger partial charge on any atom is -0.0326 e. The van der Waals surface area contributed by atoms with Crippen LogP contribution in [0, 0.1) is 17.3 Å². The fraction of sp³-hybridized carbons (Fsp3) is 1.00. The van der Waals surface area contributed by atoms with Gasteiger partial charge in [0.1, 0.15) is 0 Å². The lowest BCUT2D eigenvalue weighted by Crippen LogP contribution is -2.29. The third-order valence-corrected chi connectivity index (χ3v) is 3.30.